The highest BCUT2D eigenvalue weighted by atomic mass is 16.5. The molecule has 0 aliphatic heterocycles. The van der Waals surface area contributed by atoms with Crippen LogP contribution in [0.3, 0.4) is 0 Å². The molecule has 9 nitrogen and oxygen atoms in total. The van der Waals surface area contributed by atoms with Crippen molar-refractivity contribution in [2.24, 2.45) is 4.99 Å². The Hall–Kier alpha value is -3.54. The number of aromatic nitrogens is 2. The van der Waals surface area contributed by atoms with Gasteiger partial charge in [0.25, 0.3) is 0 Å². The van der Waals surface area contributed by atoms with Gasteiger partial charge in [-0.3, -0.25) is 9.79 Å². The molecule has 0 bridgehead atoms. The lowest BCUT2D eigenvalue weighted by atomic mass is 10.1. The van der Waals surface area contributed by atoms with E-state index in [0.29, 0.717) is 17.2 Å². The number of hydrogen-bond donors (Lipinski definition) is 1. The first-order valence-corrected chi connectivity index (χ1v) is 9.20. The van der Waals surface area contributed by atoms with Gasteiger partial charge in [-0.25, -0.2) is 0 Å². The molecule has 0 radical (unpaired) electrons. The molecule has 9 heteroatoms. The largest absolute Gasteiger partial charge is 0.493 e. The van der Waals surface area contributed by atoms with Crippen LogP contribution >= 0.6 is 0 Å². The molecule has 0 spiro atoms. The first-order chi connectivity index (χ1) is 14.0. The Labute approximate surface area is 168 Å². The van der Waals surface area contributed by atoms with Gasteiger partial charge in [0.2, 0.25) is 11.5 Å². The zero-order valence-corrected chi connectivity index (χ0v) is 16.6. The molecule has 0 atom stereocenters. The predicted molar refractivity (Wildman–Crippen MR) is 107 cm³/mol. The van der Waals surface area contributed by atoms with Gasteiger partial charge in [0.1, 0.15) is 17.5 Å². The fraction of sp³-hybridized carbons (Fsp3) is 0.400. The number of benzene rings is 1. The molecule has 3 rings (SSSR count). The van der Waals surface area contributed by atoms with E-state index in [9.17, 15) is 10.1 Å². The van der Waals surface area contributed by atoms with Crippen molar-refractivity contribution in [3.63, 3.8) is 0 Å². The van der Waals surface area contributed by atoms with E-state index in [4.69, 9.17) is 19.9 Å². The molecule has 1 aliphatic rings. The van der Waals surface area contributed by atoms with E-state index in [0.717, 1.165) is 25.7 Å². The molecule has 1 aromatic carbocycles. The number of ketones is 1. The normalized spacial score (nSPS) is 14.5. The number of carbonyl (C=O) groups excluding carboxylic acids is 1. The standard InChI is InChI=1S/C20H23N5O4/c1-27-15-8-12(9-16(28-2)18(15)29-3)17(26)20(24-14-6-4-5-7-14)25-19(22)13(10-21)11-23-25/h8-9,11,14H,4-7,22H2,1-3H3/b24-20+. The van der Waals surface area contributed by atoms with Crippen LogP contribution in [0.4, 0.5) is 5.82 Å². The third-order valence-corrected chi connectivity index (χ3v) is 4.89. The molecular formula is C20H23N5O4. The summed E-state index contributed by atoms with van der Waals surface area (Å²) < 4.78 is 17.2. The maximum atomic E-state index is 13.4. The Kier molecular flexibility index (Phi) is 6.02. The number of nitrogens with zero attached hydrogens (tertiary/aromatic N) is 4. The van der Waals surface area contributed by atoms with Crippen molar-refractivity contribution >= 4 is 17.4 Å². The molecule has 152 valence electrons. The molecule has 1 fully saturated rings. The molecular weight excluding hydrogens is 374 g/mol. The van der Waals surface area contributed by atoms with Crippen molar-refractivity contribution in [3.8, 4) is 23.3 Å². The van der Waals surface area contributed by atoms with Gasteiger partial charge in [0.15, 0.2) is 17.3 Å². The number of hydrogen-bond acceptors (Lipinski definition) is 8. The van der Waals surface area contributed by atoms with Crippen LogP contribution in [0.1, 0.15) is 41.6 Å². The number of nitriles is 1. The van der Waals surface area contributed by atoms with Crippen molar-refractivity contribution < 1.29 is 19.0 Å². The summed E-state index contributed by atoms with van der Waals surface area (Å²) in [5.74, 6) is 0.806. The van der Waals surface area contributed by atoms with Crippen LogP contribution < -0.4 is 19.9 Å². The summed E-state index contributed by atoms with van der Waals surface area (Å²) in [4.78, 5) is 18.1. The summed E-state index contributed by atoms with van der Waals surface area (Å²) >= 11 is 0. The highest BCUT2D eigenvalue weighted by Crippen LogP contribution is 2.38. The quantitative estimate of drug-likeness (QED) is 0.451. The van der Waals surface area contributed by atoms with Crippen LogP contribution in [0, 0.1) is 11.3 Å². The van der Waals surface area contributed by atoms with Crippen LogP contribution in [-0.2, 0) is 0 Å². The van der Waals surface area contributed by atoms with Gasteiger partial charge >= 0.3 is 0 Å². The van der Waals surface area contributed by atoms with Gasteiger partial charge in [-0.15, -0.1) is 0 Å². The first-order valence-electron chi connectivity index (χ1n) is 9.20. The van der Waals surface area contributed by atoms with Gasteiger partial charge in [-0.05, 0) is 25.0 Å². The summed E-state index contributed by atoms with van der Waals surface area (Å²) in [7, 11) is 4.44. The number of methoxy groups -OCH3 is 3. The molecule has 2 N–H and O–H groups in total. The Balaban J connectivity index is 2.12. The Morgan fingerprint density at radius 2 is 1.83 bits per heavy atom. The number of rotatable bonds is 6. The van der Waals surface area contributed by atoms with E-state index in [1.54, 1.807) is 12.1 Å². The number of ether oxygens (including phenoxy) is 3. The number of aliphatic imine (C=N–C) groups is 1. The van der Waals surface area contributed by atoms with Crippen molar-refractivity contribution in [2.45, 2.75) is 31.7 Å². The second-order valence-corrected chi connectivity index (χ2v) is 6.60. The minimum Gasteiger partial charge on any atom is -0.493 e. The van der Waals surface area contributed by atoms with Crippen LogP contribution in [0.2, 0.25) is 0 Å². The maximum Gasteiger partial charge on any atom is 0.230 e. The fourth-order valence-corrected chi connectivity index (χ4v) is 3.37. The monoisotopic (exact) mass is 397 g/mol. The molecule has 0 unspecified atom stereocenters. The van der Waals surface area contributed by atoms with Crippen LogP contribution in [0.15, 0.2) is 23.3 Å². The summed E-state index contributed by atoms with van der Waals surface area (Å²) in [6, 6.07) is 5.08. The second-order valence-electron chi connectivity index (χ2n) is 6.60. The molecule has 1 saturated carbocycles. The zero-order chi connectivity index (χ0) is 21.0. The van der Waals surface area contributed by atoms with E-state index in [2.05, 4.69) is 10.1 Å². The van der Waals surface area contributed by atoms with E-state index in [-0.39, 0.29) is 28.8 Å². The van der Waals surface area contributed by atoms with Gasteiger partial charge in [0, 0.05) is 5.56 Å². The number of Topliss-reactive ketones (excluding diaryl/α,β-unsaturated/α-hetero) is 1. The van der Waals surface area contributed by atoms with Crippen LogP contribution in [-0.4, -0.2) is 48.8 Å². The van der Waals surface area contributed by atoms with Gasteiger partial charge in [0.05, 0.1) is 33.6 Å². The number of nitrogens with two attached hydrogens (primary N) is 1. The van der Waals surface area contributed by atoms with Crippen molar-refractivity contribution in [3.05, 3.63) is 29.5 Å². The minimum atomic E-state index is -0.407. The molecule has 29 heavy (non-hydrogen) atoms. The molecule has 0 amide bonds. The second kappa shape index (κ2) is 8.65. The topological polar surface area (TPSA) is 125 Å². The van der Waals surface area contributed by atoms with Crippen molar-refractivity contribution in [1.29, 1.82) is 5.26 Å². The number of carbonyl (C=O) groups is 1. The van der Waals surface area contributed by atoms with Crippen LogP contribution in [0.25, 0.3) is 0 Å². The summed E-state index contributed by atoms with van der Waals surface area (Å²) in [5.41, 5.74) is 6.50. The lowest BCUT2D eigenvalue weighted by Crippen LogP contribution is -2.27. The SMILES string of the molecule is COc1cc(C(=O)/C(=N\C2CCCC2)n2ncc(C#N)c2N)cc(OC)c1OC. The molecule has 0 saturated heterocycles. The Morgan fingerprint density at radius 3 is 2.31 bits per heavy atom. The molecule has 1 aromatic heterocycles. The number of anilines is 1. The zero-order valence-electron chi connectivity index (χ0n) is 16.6. The van der Waals surface area contributed by atoms with E-state index in [1.807, 2.05) is 6.07 Å². The Bertz CT molecular complexity index is 958. The highest BCUT2D eigenvalue weighted by Gasteiger charge is 2.26. The van der Waals surface area contributed by atoms with Gasteiger partial charge in [-0.2, -0.15) is 15.0 Å². The third-order valence-electron chi connectivity index (χ3n) is 4.89. The number of nitrogen functional groups attached to an aromatic ring is 1. The van der Waals surface area contributed by atoms with E-state index < -0.39 is 5.78 Å². The van der Waals surface area contributed by atoms with E-state index in [1.165, 1.54) is 32.2 Å². The first kappa shape index (κ1) is 20.2. The lowest BCUT2D eigenvalue weighted by molar-refractivity contribution is 0.106. The lowest BCUT2D eigenvalue weighted by Gasteiger charge is -2.15. The predicted octanol–water partition coefficient (Wildman–Crippen LogP) is 2.43. The highest BCUT2D eigenvalue weighted by molar-refractivity contribution is 6.46. The fourth-order valence-electron chi connectivity index (χ4n) is 3.37. The van der Waals surface area contributed by atoms with E-state index >= 15 is 0 Å². The molecule has 1 aliphatic carbocycles. The summed E-state index contributed by atoms with van der Waals surface area (Å²) in [6.07, 6.45) is 5.20. The minimum absolute atomic E-state index is 0.00475. The van der Waals surface area contributed by atoms with Gasteiger partial charge in [-0.1, -0.05) is 12.8 Å². The average Bonchev–Trinajstić information content (AvgIpc) is 3.39. The maximum absolute atomic E-state index is 13.4. The average molecular weight is 397 g/mol. The van der Waals surface area contributed by atoms with Crippen LogP contribution in [0.5, 0.6) is 17.2 Å². The van der Waals surface area contributed by atoms with Gasteiger partial charge < -0.3 is 19.9 Å². The molecule has 1 heterocycles. The smallest absolute Gasteiger partial charge is 0.230 e. The molecule has 2 aromatic rings. The third kappa shape index (κ3) is 3.87. The van der Waals surface area contributed by atoms with Crippen molar-refractivity contribution in [2.75, 3.05) is 27.1 Å². The van der Waals surface area contributed by atoms with Crippen molar-refractivity contribution in [1.82, 2.24) is 9.78 Å². The summed E-state index contributed by atoms with van der Waals surface area (Å²) in [6.45, 7) is 0. The Morgan fingerprint density at radius 1 is 1.21 bits per heavy atom. The summed E-state index contributed by atoms with van der Waals surface area (Å²) in [5, 5.41) is 13.3.